The summed E-state index contributed by atoms with van der Waals surface area (Å²) in [5.41, 5.74) is 2.40. The van der Waals surface area contributed by atoms with Crippen LogP contribution in [0.5, 0.6) is 5.75 Å². The maximum atomic E-state index is 12.1. The average molecular weight is 301 g/mol. The molecule has 2 aromatic rings. The van der Waals surface area contributed by atoms with Crippen LogP contribution in [0.2, 0.25) is 0 Å². The minimum absolute atomic E-state index is 0.0653. The molecule has 5 heteroatoms. The Morgan fingerprint density at radius 2 is 1.95 bits per heavy atom. The van der Waals surface area contributed by atoms with Gasteiger partial charge in [0.15, 0.2) is 0 Å². The largest absolute Gasteiger partial charge is 0.491 e. The van der Waals surface area contributed by atoms with Gasteiger partial charge in [0.25, 0.3) is 5.56 Å². The Hall–Kier alpha value is -2.14. The van der Waals surface area contributed by atoms with Crippen LogP contribution in [0.3, 0.4) is 0 Å². The molecule has 0 radical (unpaired) electrons. The first-order valence-corrected chi connectivity index (χ1v) is 7.56. The maximum absolute atomic E-state index is 12.1. The van der Waals surface area contributed by atoms with E-state index >= 15 is 0 Å². The first-order valence-electron chi connectivity index (χ1n) is 7.56. The third-order valence-electron chi connectivity index (χ3n) is 3.22. The third-order valence-corrected chi connectivity index (χ3v) is 3.22. The van der Waals surface area contributed by atoms with Crippen LogP contribution in [0.15, 0.2) is 35.1 Å². The molecule has 0 saturated carbocycles. The van der Waals surface area contributed by atoms with Crippen molar-refractivity contribution < 1.29 is 4.74 Å². The average Bonchev–Trinajstić information content (AvgIpc) is 2.49. The van der Waals surface area contributed by atoms with Crippen LogP contribution in [-0.2, 0) is 13.6 Å². The minimum Gasteiger partial charge on any atom is -0.491 e. The van der Waals surface area contributed by atoms with E-state index < -0.39 is 0 Å². The highest BCUT2D eigenvalue weighted by Crippen LogP contribution is 2.21. The van der Waals surface area contributed by atoms with Gasteiger partial charge in [-0.15, -0.1) is 0 Å². The molecular formula is C17H23N3O2. The summed E-state index contributed by atoms with van der Waals surface area (Å²) in [6.45, 7) is 7.38. The predicted molar refractivity (Wildman–Crippen MR) is 88.1 cm³/mol. The Morgan fingerprint density at radius 1 is 1.27 bits per heavy atom. The zero-order valence-corrected chi connectivity index (χ0v) is 13.6. The first-order chi connectivity index (χ1) is 10.5. The van der Waals surface area contributed by atoms with E-state index in [-0.39, 0.29) is 11.7 Å². The molecule has 0 fully saturated rings. The number of benzene rings is 1. The summed E-state index contributed by atoms with van der Waals surface area (Å²) in [5, 5.41) is 7.52. The molecule has 118 valence electrons. The van der Waals surface area contributed by atoms with E-state index in [0.717, 1.165) is 29.1 Å². The van der Waals surface area contributed by atoms with Crippen molar-refractivity contribution >= 4 is 0 Å². The smallest absolute Gasteiger partial charge is 0.271 e. The monoisotopic (exact) mass is 301 g/mol. The van der Waals surface area contributed by atoms with Gasteiger partial charge in [0.05, 0.1) is 11.8 Å². The van der Waals surface area contributed by atoms with Gasteiger partial charge in [-0.25, -0.2) is 4.68 Å². The van der Waals surface area contributed by atoms with Crippen molar-refractivity contribution in [1.82, 2.24) is 15.1 Å². The summed E-state index contributed by atoms with van der Waals surface area (Å²) in [5.74, 6) is 0.830. The van der Waals surface area contributed by atoms with Gasteiger partial charge in [0, 0.05) is 24.7 Å². The zero-order valence-electron chi connectivity index (χ0n) is 13.6. The molecule has 0 bridgehead atoms. The lowest BCUT2D eigenvalue weighted by atomic mass is 10.1. The summed E-state index contributed by atoms with van der Waals surface area (Å²) in [7, 11) is 1.68. The normalized spacial score (nSPS) is 11.0. The van der Waals surface area contributed by atoms with Crippen LogP contribution in [0, 0.1) is 0 Å². The van der Waals surface area contributed by atoms with E-state index in [0.29, 0.717) is 6.54 Å². The Labute approximate surface area is 130 Å². The molecule has 0 saturated heterocycles. The van der Waals surface area contributed by atoms with E-state index in [1.54, 1.807) is 7.05 Å². The second-order valence-electron chi connectivity index (χ2n) is 5.45. The lowest BCUT2D eigenvalue weighted by Crippen LogP contribution is -2.27. The standard InChI is InChI=1S/C17H23N3O2/c1-5-18-11-14-10-16(19-20(4)17(14)21)13-6-8-15(9-7-13)22-12(2)3/h6-10,12,18H,5,11H2,1-4H3. The Morgan fingerprint density at radius 3 is 2.55 bits per heavy atom. The number of rotatable bonds is 6. The van der Waals surface area contributed by atoms with Gasteiger partial charge in [-0.05, 0) is 50.7 Å². The first kappa shape index (κ1) is 16.2. The number of nitrogens with one attached hydrogen (secondary N) is 1. The molecule has 0 unspecified atom stereocenters. The Bertz CT molecular complexity index is 675. The van der Waals surface area contributed by atoms with Crippen molar-refractivity contribution in [3.8, 4) is 17.0 Å². The number of aryl methyl sites for hydroxylation is 1. The summed E-state index contributed by atoms with van der Waals surface area (Å²) >= 11 is 0. The summed E-state index contributed by atoms with van der Waals surface area (Å²) in [6, 6.07) is 9.62. The van der Waals surface area contributed by atoms with Gasteiger partial charge >= 0.3 is 0 Å². The fourth-order valence-electron chi connectivity index (χ4n) is 2.17. The molecule has 1 aromatic heterocycles. The maximum Gasteiger partial charge on any atom is 0.271 e. The molecule has 1 N–H and O–H groups in total. The molecule has 1 aromatic carbocycles. The van der Waals surface area contributed by atoms with Crippen molar-refractivity contribution in [3.63, 3.8) is 0 Å². The van der Waals surface area contributed by atoms with Gasteiger partial charge in [-0.1, -0.05) is 6.92 Å². The minimum atomic E-state index is -0.0653. The van der Waals surface area contributed by atoms with Crippen LogP contribution < -0.4 is 15.6 Å². The number of hydrogen-bond acceptors (Lipinski definition) is 4. The third kappa shape index (κ3) is 3.95. The van der Waals surface area contributed by atoms with Gasteiger partial charge in [0.1, 0.15) is 5.75 Å². The second kappa shape index (κ2) is 7.22. The number of aromatic nitrogens is 2. The van der Waals surface area contributed by atoms with Crippen molar-refractivity contribution in [3.05, 3.63) is 46.2 Å². The zero-order chi connectivity index (χ0) is 16.1. The van der Waals surface area contributed by atoms with Crippen molar-refractivity contribution in [2.45, 2.75) is 33.4 Å². The Balaban J connectivity index is 2.31. The van der Waals surface area contributed by atoms with E-state index in [1.807, 2.05) is 51.1 Å². The topological polar surface area (TPSA) is 56.1 Å². The summed E-state index contributed by atoms with van der Waals surface area (Å²) in [6.07, 6.45) is 0.147. The molecule has 0 aliphatic rings. The van der Waals surface area contributed by atoms with Crippen molar-refractivity contribution in [2.75, 3.05) is 6.54 Å². The van der Waals surface area contributed by atoms with E-state index in [1.165, 1.54) is 4.68 Å². The Kier molecular flexibility index (Phi) is 5.33. The molecule has 5 nitrogen and oxygen atoms in total. The molecule has 2 rings (SSSR count). The van der Waals surface area contributed by atoms with E-state index in [4.69, 9.17) is 4.74 Å². The molecule has 22 heavy (non-hydrogen) atoms. The molecule has 0 amide bonds. The van der Waals surface area contributed by atoms with Crippen LogP contribution >= 0.6 is 0 Å². The van der Waals surface area contributed by atoms with E-state index in [9.17, 15) is 4.79 Å². The molecule has 1 heterocycles. The fraction of sp³-hybridized carbons (Fsp3) is 0.412. The van der Waals surface area contributed by atoms with Gasteiger partial charge in [-0.3, -0.25) is 4.79 Å². The molecule has 0 aliphatic carbocycles. The molecule has 0 atom stereocenters. The summed E-state index contributed by atoms with van der Waals surface area (Å²) in [4.78, 5) is 12.1. The number of ether oxygens (including phenoxy) is 1. The lowest BCUT2D eigenvalue weighted by molar-refractivity contribution is 0.242. The van der Waals surface area contributed by atoms with Crippen molar-refractivity contribution in [1.29, 1.82) is 0 Å². The summed E-state index contributed by atoms with van der Waals surface area (Å²) < 4.78 is 7.03. The highest BCUT2D eigenvalue weighted by molar-refractivity contribution is 5.60. The second-order valence-corrected chi connectivity index (χ2v) is 5.45. The number of hydrogen-bond donors (Lipinski definition) is 1. The highest BCUT2D eigenvalue weighted by Gasteiger charge is 2.08. The number of nitrogens with zero attached hydrogens (tertiary/aromatic N) is 2. The quantitative estimate of drug-likeness (QED) is 0.890. The van der Waals surface area contributed by atoms with Crippen molar-refractivity contribution in [2.24, 2.45) is 7.05 Å². The lowest BCUT2D eigenvalue weighted by Gasteiger charge is -2.11. The van der Waals surface area contributed by atoms with E-state index in [2.05, 4.69) is 10.4 Å². The SMILES string of the molecule is CCNCc1cc(-c2ccc(OC(C)C)cc2)nn(C)c1=O. The molecule has 0 spiro atoms. The van der Waals surface area contributed by atoms with Crippen LogP contribution in [-0.4, -0.2) is 22.4 Å². The van der Waals surface area contributed by atoms with Gasteiger partial charge < -0.3 is 10.1 Å². The van der Waals surface area contributed by atoms with Crippen LogP contribution in [0.4, 0.5) is 0 Å². The molecular weight excluding hydrogens is 278 g/mol. The van der Waals surface area contributed by atoms with Gasteiger partial charge in [-0.2, -0.15) is 5.10 Å². The van der Waals surface area contributed by atoms with Gasteiger partial charge in [0.2, 0.25) is 0 Å². The highest BCUT2D eigenvalue weighted by atomic mass is 16.5. The molecule has 0 aliphatic heterocycles. The predicted octanol–water partition coefficient (Wildman–Crippen LogP) is 2.34. The fourth-order valence-corrected chi connectivity index (χ4v) is 2.17. The van der Waals surface area contributed by atoms with Crippen LogP contribution in [0.25, 0.3) is 11.3 Å². The van der Waals surface area contributed by atoms with Crippen LogP contribution in [0.1, 0.15) is 26.3 Å².